The molecule has 12 nitrogen and oxygen atoms in total. The van der Waals surface area contributed by atoms with E-state index < -0.39 is 44.3 Å². The van der Waals surface area contributed by atoms with E-state index in [2.05, 4.69) is 15.0 Å². The van der Waals surface area contributed by atoms with Gasteiger partial charge in [0.1, 0.15) is 12.2 Å². The molecule has 0 aromatic carbocycles. The van der Waals surface area contributed by atoms with Crippen LogP contribution in [-0.4, -0.2) is 61.5 Å². The van der Waals surface area contributed by atoms with Gasteiger partial charge in [-0.05, 0) is 27.7 Å². The first-order valence-electron chi connectivity index (χ1n) is 9.32. The number of aromatic nitrogens is 4. The highest BCUT2D eigenvalue weighted by Gasteiger charge is 2.69. The molecule has 0 amide bonds. The second kappa shape index (κ2) is 7.08. The molecule has 2 fully saturated rings. The van der Waals surface area contributed by atoms with Crippen molar-refractivity contribution in [2.45, 2.75) is 57.6 Å². The molecule has 0 radical (unpaired) electrons. The van der Waals surface area contributed by atoms with Crippen molar-refractivity contribution in [3.63, 3.8) is 0 Å². The number of hydrogen-bond acceptors (Lipinski definition) is 11. The number of nitrogen functional groups attached to an aromatic ring is 1. The summed E-state index contributed by atoms with van der Waals surface area (Å²) < 4.78 is 55.9. The van der Waals surface area contributed by atoms with Crippen molar-refractivity contribution in [2.75, 3.05) is 18.9 Å². The molecular formula is C16H23FN5O7P. The summed E-state index contributed by atoms with van der Waals surface area (Å²) in [5.74, 6) is -2.56. The highest BCUT2D eigenvalue weighted by Crippen LogP contribution is 2.62. The van der Waals surface area contributed by atoms with Crippen molar-refractivity contribution in [3.8, 4) is 5.88 Å². The first kappa shape index (κ1) is 21.3. The van der Waals surface area contributed by atoms with E-state index in [0.717, 1.165) is 0 Å². The minimum atomic E-state index is -4.11. The number of ether oxygens (including phenoxy) is 2. The third kappa shape index (κ3) is 3.35. The molecule has 4 rings (SSSR count). The molecule has 30 heavy (non-hydrogen) atoms. The summed E-state index contributed by atoms with van der Waals surface area (Å²) in [6, 6.07) is 0. The van der Waals surface area contributed by atoms with Gasteiger partial charge in [0.25, 0.3) is 5.85 Å². The Bertz CT molecular complexity index is 1020. The maximum absolute atomic E-state index is 15.5. The molecule has 2 unspecified atom stereocenters. The second-order valence-electron chi connectivity index (χ2n) is 7.49. The van der Waals surface area contributed by atoms with E-state index in [-0.39, 0.29) is 23.0 Å². The van der Waals surface area contributed by atoms with Crippen molar-refractivity contribution in [1.82, 2.24) is 19.5 Å². The van der Waals surface area contributed by atoms with E-state index in [4.69, 9.17) is 28.8 Å². The van der Waals surface area contributed by atoms with Gasteiger partial charge in [0.2, 0.25) is 11.8 Å². The number of nitrogens with two attached hydrogens (primary N) is 1. The first-order valence-corrected chi connectivity index (χ1v) is 10.8. The van der Waals surface area contributed by atoms with E-state index in [1.807, 2.05) is 0 Å². The number of alkyl halides is 1. The van der Waals surface area contributed by atoms with Gasteiger partial charge in [-0.25, -0.2) is 13.9 Å². The Labute approximate surface area is 171 Å². The Hall–Kier alpha value is -1.89. The predicted octanol–water partition coefficient (Wildman–Crippen LogP) is 1.70. The van der Waals surface area contributed by atoms with E-state index >= 15 is 4.39 Å². The van der Waals surface area contributed by atoms with Gasteiger partial charge < -0.3 is 20.3 Å². The van der Waals surface area contributed by atoms with E-state index in [0.29, 0.717) is 6.61 Å². The highest BCUT2D eigenvalue weighted by molar-refractivity contribution is 7.48. The van der Waals surface area contributed by atoms with Gasteiger partial charge >= 0.3 is 7.82 Å². The summed E-state index contributed by atoms with van der Waals surface area (Å²) in [7, 11) is -4.11. The summed E-state index contributed by atoms with van der Waals surface area (Å²) in [4.78, 5) is 12.3. The zero-order valence-corrected chi connectivity index (χ0v) is 17.7. The molecule has 0 spiro atoms. The maximum Gasteiger partial charge on any atom is 0.475 e. The molecule has 2 saturated heterocycles. The smallest absolute Gasteiger partial charge is 0.475 e. The molecule has 2 aliphatic heterocycles. The normalized spacial score (nSPS) is 36.4. The molecular weight excluding hydrogens is 424 g/mol. The fourth-order valence-electron chi connectivity index (χ4n) is 3.52. The third-order valence-corrected chi connectivity index (χ3v) is 6.26. The number of imidazole rings is 1. The van der Waals surface area contributed by atoms with E-state index in [1.54, 1.807) is 20.8 Å². The van der Waals surface area contributed by atoms with Crippen LogP contribution in [0.5, 0.6) is 5.88 Å². The fourth-order valence-corrected chi connectivity index (χ4v) is 5.17. The lowest BCUT2D eigenvalue weighted by atomic mass is 9.95. The highest BCUT2D eigenvalue weighted by atomic mass is 31.2. The van der Waals surface area contributed by atoms with Crippen LogP contribution >= 0.6 is 7.82 Å². The molecule has 4 heterocycles. The molecule has 166 valence electrons. The van der Waals surface area contributed by atoms with Crippen molar-refractivity contribution in [1.29, 1.82) is 0 Å². The number of fused-ring (bicyclic) bond motifs is 2. The largest absolute Gasteiger partial charge is 0.476 e. The van der Waals surface area contributed by atoms with Gasteiger partial charge in [0, 0.05) is 0 Å². The molecule has 14 heteroatoms. The van der Waals surface area contributed by atoms with Gasteiger partial charge in [-0.1, -0.05) is 0 Å². The Kier molecular flexibility index (Phi) is 5.03. The van der Waals surface area contributed by atoms with Crippen LogP contribution in [0.3, 0.4) is 0 Å². The molecule has 0 saturated carbocycles. The number of halogens is 1. The number of hydrogen-bond donors (Lipinski definition) is 2. The van der Waals surface area contributed by atoms with Gasteiger partial charge in [0.05, 0.1) is 19.0 Å². The third-order valence-electron chi connectivity index (χ3n) is 4.66. The van der Waals surface area contributed by atoms with E-state index in [1.165, 1.54) is 17.8 Å². The Morgan fingerprint density at radius 1 is 1.50 bits per heavy atom. The summed E-state index contributed by atoms with van der Waals surface area (Å²) in [5.41, 5.74) is 4.15. The van der Waals surface area contributed by atoms with Gasteiger partial charge in [-0.2, -0.15) is 9.97 Å². The zero-order valence-electron chi connectivity index (χ0n) is 16.8. The number of rotatable bonds is 5. The Morgan fingerprint density at radius 2 is 2.23 bits per heavy atom. The van der Waals surface area contributed by atoms with Crippen molar-refractivity contribution < 1.29 is 37.1 Å². The number of nitrogens with zero attached hydrogens (tertiary/aromatic N) is 4. The number of anilines is 1. The lowest BCUT2D eigenvalue weighted by Gasteiger charge is -2.37. The average molecular weight is 447 g/mol. The van der Waals surface area contributed by atoms with Gasteiger partial charge in [0.15, 0.2) is 23.5 Å². The van der Waals surface area contributed by atoms with Gasteiger partial charge in [-0.15, -0.1) is 0 Å². The van der Waals surface area contributed by atoms with Crippen molar-refractivity contribution >= 4 is 24.9 Å². The Balaban J connectivity index is 1.74. The molecule has 2 aromatic rings. The lowest BCUT2D eigenvalue weighted by Crippen LogP contribution is -2.52. The summed E-state index contributed by atoms with van der Waals surface area (Å²) in [6.07, 6.45) is -2.27. The molecule has 5 atom stereocenters. The number of phosphoric ester groups is 1. The predicted molar refractivity (Wildman–Crippen MR) is 100 cm³/mol. The minimum Gasteiger partial charge on any atom is -0.476 e. The van der Waals surface area contributed by atoms with Gasteiger partial charge in [-0.3, -0.25) is 18.1 Å². The molecule has 2 aliphatic rings. The zero-order chi connectivity index (χ0) is 21.9. The second-order valence-corrected chi connectivity index (χ2v) is 9.06. The maximum atomic E-state index is 15.5. The lowest BCUT2D eigenvalue weighted by molar-refractivity contribution is -0.220. The van der Waals surface area contributed by atoms with Crippen LogP contribution in [0.4, 0.5) is 10.3 Å². The number of aliphatic hydroxyl groups is 1. The topological polar surface area (TPSA) is 153 Å². The SMILES string of the molecule is CCOc1nc(N)nc2c1ncn2[C@@H]1O[C@]2(F)COP(=O)(OC(C)C)OC2[C@@]1(C)O. The van der Waals surface area contributed by atoms with Crippen LogP contribution in [0.2, 0.25) is 0 Å². The average Bonchev–Trinajstić information content (AvgIpc) is 3.13. The van der Waals surface area contributed by atoms with Crippen LogP contribution in [0.25, 0.3) is 11.2 Å². The summed E-state index contributed by atoms with van der Waals surface area (Å²) in [6.45, 7) is 5.83. The standard InChI is InChI=1S/C16H23FN5O7P/c1-5-25-11-9-10(20-14(18)21-11)22(7-19-9)13-15(4,23)12-16(17,27-13)6-26-30(24,29-12)28-8(2)3/h7-8,12-13,23H,5-6H2,1-4H3,(H2,18,20,21)/t12?,13-,15-,16-,30?/m1/s1. The minimum absolute atomic E-state index is 0.105. The van der Waals surface area contributed by atoms with Crippen LogP contribution in [0, 0.1) is 0 Å². The van der Waals surface area contributed by atoms with Crippen LogP contribution < -0.4 is 10.5 Å². The van der Waals surface area contributed by atoms with Crippen molar-refractivity contribution in [3.05, 3.63) is 6.33 Å². The monoisotopic (exact) mass is 447 g/mol. The van der Waals surface area contributed by atoms with Crippen LogP contribution in [0.15, 0.2) is 6.33 Å². The summed E-state index contributed by atoms with van der Waals surface area (Å²) >= 11 is 0. The van der Waals surface area contributed by atoms with Crippen LogP contribution in [0.1, 0.15) is 33.9 Å². The molecule has 2 aromatic heterocycles. The van der Waals surface area contributed by atoms with Crippen molar-refractivity contribution in [2.24, 2.45) is 0 Å². The van der Waals surface area contributed by atoms with E-state index in [9.17, 15) is 9.67 Å². The first-order chi connectivity index (χ1) is 14.0. The number of phosphoric acid groups is 1. The molecule has 0 aliphatic carbocycles. The van der Waals surface area contributed by atoms with Crippen LogP contribution in [-0.2, 0) is 22.9 Å². The summed E-state index contributed by atoms with van der Waals surface area (Å²) in [5, 5.41) is 11.2. The quantitative estimate of drug-likeness (QED) is 0.644. The molecule has 3 N–H and O–H groups in total. The molecule has 0 bridgehead atoms. The fraction of sp³-hybridized carbons (Fsp3) is 0.688. The Morgan fingerprint density at radius 3 is 2.90 bits per heavy atom.